The first-order valence-electron chi connectivity index (χ1n) is 4.37. The minimum absolute atomic E-state index is 0.0538. The van der Waals surface area contributed by atoms with Crippen LogP contribution in [0, 0.1) is 12.7 Å². The second kappa shape index (κ2) is 4.22. The molecule has 1 aromatic rings. The van der Waals surface area contributed by atoms with Crippen molar-refractivity contribution >= 4 is 5.78 Å². The quantitative estimate of drug-likeness (QED) is 0.741. The molecule has 0 bridgehead atoms. The molecule has 0 aliphatic rings. The maximum atomic E-state index is 13.3. The van der Waals surface area contributed by atoms with E-state index in [0.29, 0.717) is 12.0 Å². The number of methoxy groups -OCH3 is 1. The van der Waals surface area contributed by atoms with Gasteiger partial charge in [-0.3, -0.25) is 4.79 Å². The molecular weight excluding hydrogens is 183 g/mol. The molecular formula is C11H13FO2. The zero-order valence-corrected chi connectivity index (χ0v) is 8.56. The lowest BCUT2D eigenvalue weighted by Gasteiger charge is -2.07. The van der Waals surface area contributed by atoms with Crippen molar-refractivity contribution in [3.8, 4) is 5.75 Å². The summed E-state index contributed by atoms with van der Waals surface area (Å²) in [6, 6.07) is 3.23. The Morgan fingerprint density at radius 3 is 2.64 bits per heavy atom. The standard InChI is InChI=1S/C11H13FO2/c1-7-4-9(5-8(2)13)6-10(14-3)11(7)12/h4,6H,5H2,1-3H3. The Kier molecular flexibility index (Phi) is 3.23. The number of carbonyl (C=O) groups is 1. The van der Waals surface area contributed by atoms with Crippen LogP contribution in [0.4, 0.5) is 4.39 Å². The summed E-state index contributed by atoms with van der Waals surface area (Å²) in [5.74, 6) is -0.112. The predicted octanol–water partition coefficient (Wildman–Crippen LogP) is 2.27. The highest BCUT2D eigenvalue weighted by Gasteiger charge is 2.08. The summed E-state index contributed by atoms with van der Waals surface area (Å²) in [5.41, 5.74) is 1.29. The van der Waals surface area contributed by atoms with Crippen LogP contribution in [0.5, 0.6) is 5.75 Å². The molecule has 0 aromatic heterocycles. The van der Waals surface area contributed by atoms with Gasteiger partial charge in [-0.2, -0.15) is 0 Å². The number of halogens is 1. The summed E-state index contributed by atoms with van der Waals surface area (Å²) in [6.07, 6.45) is 0.317. The average Bonchev–Trinajstić information content (AvgIpc) is 2.10. The Morgan fingerprint density at radius 2 is 2.14 bits per heavy atom. The summed E-state index contributed by atoms with van der Waals surface area (Å²) in [6.45, 7) is 3.16. The molecule has 0 spiro atoms. The summed E-state index contributed by atoms with van der Waals surface area (Å²) in [7, 11) is 1.41. The number of ether oxygens (including phenoxy) is 1. The fourth-order valence-corrected chi connectivity index (χ4v) is 1.35. The second-order valence-corrected chi connectivity index (χ2v) is 3.31. The van der Waals surface area contributed by atoms with Crippen molar-refractivity contribution in [1.82, 2.24) is 0 Å². The number of aryl methyl sites for hydroxylation is 1. The lowest BCUT2D eigenvalue weighted by molar-refractivity contribution is -0.116. The average molecular weight is 196 g/mol. The minimum Gasteiger partial charge on any atom is -0.494 e. The molecule has 0 saturated heterocycles. The van der Waals surface area contributed by atoms with Crippen LogP contribution < -0.4 is 4.74 Å². The van der Waals surface area contributed by atoms with Crippen molar-refractivity contribution in [2.75, 3.05) is 7.11 Å². The van der Waals surface area contributed by atoms with E-state index < -0.39 is 0 Å². The van der Waals surface area contributed by atoms with Crippen molar-refractivity contribution in [2.45, 2.75) is 20.3 Å². The molecule has 1 rings (SSSR count). The van der Waals surface area contributed by atoms with Crippen LogP contribution in [0.2, 0.25) is 0 Å². The van der Waals surface area contributed by atoms with Gasteiger partial charge in [-0.1, -0.05) is 6.07 Å². The smallest absolute Gasteiger partial charge is 0.167 e. The molecule has 0 atom stereocenters. The van der Waals surface area contributed by atoms with E-state index in [1.165, 1.54) is 14.0 Å². The minimum atomic E-state index is -0.361. The number of hydrogen-bond acceptors (Lipinski definition) is 2. The van der Waals surface area contributed by atoms with Crippen LogP contribution in [-0.2, 0) is 11.2 Å². The van der Waals surface area contributed by atoms with Crippen LogP contribution in [0.15, 0.2) is 12.1 Å². The van der Waals surface area contributed by atoms with Crippen molar-refractivity contribution in [3.63, 3.8) is 0 Å². The zero-order chi connectivity index (χ0) is 10.7. The van der Waals surface area contributed by atoms with E-state index in [1.807, 2.05) is 0 Å². The largest absolute Gasteiger partial charge is 0.494 e. The van der Waals surface area contributed by atoms with Gasteiger partial charge in [-0.25, -0.2) is 4.39 Å². The number of rotatable bonds is 3. The molecule has 76 valence electrons. The summed E-state index contributed by atoms with van der Waals surface area (Å²) in [4.78, 5) is 10.9. The number of hydrogen-bond donors (Lipinski definition) is 0. The van der Waals surface area contributed by atoms with Crippen molar-refractivity contribution < 1.29 is 13.9 Å². The molecule has 14 heavy (non-hydrogen) atoms. The second-order valence-electron chi connectivity index (χ2n) is 3.31. The fraction of sp³-hybridized carbons (Fsp3) is 0.364. The molecule has 0 unspecified atom stereocenters. The van der Waals surface area contributed by atoms with E-state index >= 15 is 0 Å². The van der Waals surface area contributed by atoms with Gasteiger partial charge in [0.1, 0.15) is 5.78 Å². The van der Waals surface area contributed by atoms with Gasteiger partial charge in [-0.05, 0) is 31.0 Å². The Labute approximate surface area is 82.7 Å². The Bertz CT molecular complexity index is 359. The van der Waals surface area contributed by atoms with Crippen molar-refractivity contribution in [3.05, 3.63) is 29.1 Å². The third-order valence-corrected chi connectivity index (χ3v) is 1.95. The molecule has 0 saturated carbocycles. The number of ketones is 1. The van der Waals surface area contributed by atoms with Crippen molar-refractivity contribution in [1.29, 1.82) is 0 Å². The number of benzene rings is 1. The first-order chi connectivity index (χ1) is 6.54. The van der Waals surface area contributed by atoms with Gasteiger partial charge in [-0.15, -0.1) is 0 Å². The maximum Gasteiger partial charge on any atom is 0.167 e. The normalized spacial score (nSPS) is 10.0. The topological polar surface area (TPSA) is 26.3 Å². The summed E-state index contributed by atoms with van der Waals surface area (Å²) < 4.78 is 18.2. The fourth-order valence-electron chi connectivity index (χ4n) is 1.35. The van der Waals surface area contributed by atoms with E-state index in [1.54, 1.807) is 19.1 Å². The lowest BCUT2D eigenvalue weighted by Crippen LogP contribution is -1.99. The molecule has 3 heteroatoms. The highest BCUT2D eigenvalue weighted by atomic mass is 19.1. The third-order valence-electron chi connectivity index (χ3n) is 1.95. The van der Waals surface area contributed by atoms with Crippen LogP contribution in [-0.4, -0.2) is 12.9 Å². The Balaban J connectivity index is 3.09. The van der Waals surface area contributed by atoms with Crippen molar-refractivity contribution in [2.24, 2.45) is 0 Å². The van der Waals surface area contributed by atoms with Crippen LogP contribution >= 0.6 is 0 Å². The van der Waals surface area contributed by atoms with Gasteiger partial charge in [0.05, 0.1) is 7.11 Å². The van der Waals surface area contributed by atoms with Crippen LogP contribution in [0.25, 0.3) is 0 Å². The van der Waals surface area contributed by atoms with E-state index in [0.717, 1.165) is 5.56 Å². The van der Waals surface area contributed by atoms with Gasteiger partial charge >= 0.3 is 0 Å². The van der Waals surface area contributed by atoms with Crippen LogP contribution in [0.1, 0.15) is 18.1 Å². The molecule has 0 fully saturated rings. The van der Waals surface area contributed by atoms with Gasteiger partial charge in [0.2, 0.25) is 0 Å². The highest BCUT2D eigenvalue weighted by molar-refractivity contribution is 5.78. The SMILES string of the molecule is COc1cc(CC(C)=O)cc(C)c1F. The van der Waals surface area contributed by atoms with Gasteiger partial charge in [0, 0.05) is 6.42 Å². The summed E-state index contributed by atoms with van der Waals surface area (Å²) in [5, 5.41) is 0. The van der Waals surface area contributed by atoms with Gasteiger partial charge in [0.25, 0.3) is 0 Å². The molecule has 0 radical (unpaired) electrons. The highest BCUT2D eigenvalue weighted by Crippen LogP contribution is 2.22. The van der Waals surface area contributed by atoms with E-state index in [-0.39, 0.29) is 17.3 Å². The summed E-state index contributed by atoms with van der Waals surface area (Å²) >= 11 is 0. The van der Waals surface area contributed by atoms with E-state index in [2.05, 4.69) is 0 Å². The zero-order valence-electron chi connectivity index (χ0n) is 8.56. The van der Waals surface area contributed by atoms with Gasteiger partial charge < -0.3 is 4.74 Å². The van der Waals surface area contributed by atoms with Gasteiger partial charge in [0.15, 0.2) is 11.6 Å². The monoisotopic (exact) mass is 196 g/mol. The molecule has 1 aromatic carbocycles. The number of carbonyl (C=O) groups excluding carboxylic acids is 1. The maximum absolute atomic E-state index is 13.3. The van der Waals surface area contributed by atoms with E-state index in [9.17, 15) is 9.18 Å². The third kappa shape index (κ3) is 2.31. The van der Waals surface area contributed by atoms with Crippen LogP contribution in [0.3, 0.4) is 0 Å². The molecule has 2 nitrogen and oxygen atoms in total. The van der Waals surface area contributed by atoms with E-state index in [4.69, 9.17) is 4.74 Å². The lowest BCUT2D eigenvalue weighted by atomic mass is 10.1. The molecule has 0 aliphatic carbocycles. The molecule has 0 amide bonds. The predicted molar refractivity (Wildman–Crippen MR) is 52.1 cm³/mol. The Morgan fingerprint density at radius 1 is 1.50 bits per heavy atom. The Hall–Kier alpha value is -1.38. The first-order valence-corrected chi connectivity index (χ1v) is 4.37. The number of Topliss-reactive ketones (excluding diaryl/α,β-unsaturated/α-hetero) is 1. The molecule has 0 N–H and O–H groups in total. The molecule has 0 aliphatic heterocycles. The first kappa shape index (κ1) is 10.7. The molecule has 0 heterocycles.